The van der Waals surface area contributed by atoms with E-state index < -0.39 is 5.82 Å². The average Bonchev–Trinajstić information content (AvgIpc) is 3.53. The number of amides is 1. The predicted molar refractivity (Wildman–Crippen MR) is 144 cm³/mol. The second-order valence-corrected chi connectivity index (χ2v) is 8.96. The molecule has 2 N–H and O–H groups in total. The molecule has 0 radical (unpaired) electrons. The predicted octanol–water partition coefficient (Wildman–Crippen LogP) is 5.02. The van der Waals surface area contributed by atoms with Gasteiger partial charge in [0.1, 0.15) is 11.6 Å². The van der Waals surface area contributed by atoms with Crippen molar-refractivity contribution in [1.29, 1.82) is 0 Å². The third-order valence-electron chi connectivity index (χ3n) is 6.35. The summed E-state index contributed by atoms with van der Waals surface area (Å²) in [6.07, 6.45) is 3.85. The number of rotatable bonds is 8. The van der Waals surface area contributed by atoms with E-state index in [1.54, 1.807) is 25.4 Å². The Morgan fingerprint density at radius 1 is 1.08 bits per heavy atom. The van der Waals surface area contributed by atoms with Crippen molar-refractivity contribution in [2.24, 2.45) is 0 Å². The second kappa shape index (κ2) is 10.8. The zero-order valence-corrected chi connectivity index (χ0v) is 21.0. The minimum atomic E-state index is -0.475. The normalized spacial score (nSPS) is 16.9. The monoisotopic (exact) mass is 515 g/mol. The van der Waals surface area contributed by atoms with Crippen LogP contribution < -0.4 is 15.4 Å². The number of carbonyl (C=O) groups excluding carboxylic acids is 1. The number of para-hydroxylation sites is 3. The van der Waals surface area contributed by atoms with Crippen LogP contribution >= 0.6 is 12.2 Å². The van der Waals surface area contributed by atoms with E-state index in [1.807, 2.05) is 65.7 Å². The van der Waals surface area contributed by atoms with E-state index in [-0.39, 0.29) is 30.1 Å². The van der Waals surface area contributed by atoms with Crippen LogP contribution in [0.5, 0.6) is 5.75 Å². The summed E-state index contributed by atoms with van der Waals surface area (Å²) in [5.74, 6) is -0.0383. The maximum Gasteiger partial charge on any atom is 0.226 e. The smallest absolute Gasteiger partial charge is 0.226 e. The molecule has 37 heavy (non-hydrogen) atoms. The summed E-state index contributed by atoms with van der Waals surface area (Å²) in [5, 5.41) is 6.58. The maximum absolute atomic E-state index is 14.0. The largest absolute Gasteiger partial charge is 0.495 e. The molecule has 0 saturated carbocycles. The summed E-state index contributed by atoms with van der Waals surface area (Å²) in [4.78, 5) is 19.3. The first-order valence-corrected chi connectivity index (χ1v) is 12.3. The summed E-state index contributed by atoms with van der Waals surface area (Å²) in [5.41, 5.74) is 2.84. The van der Waals surface area contributed by atoms with Gasteiger partial charge in [0.05, 0.1) is 36.3 Å². The third-order valence-corrected chi connectivity index (χ3v) is 6.71. The van der Waals surface area contributed by atoms with Crippen molar-refractivity contribution in [3.8, 4) is 11.4 Å². The zero-order valence-electron chi connectivity index (χ0n) is 20.2. The molecule has 0 aliphatic carbocycles. The first kappa shape index (κ1) is 24.5. The summed E-state index contributed by atoms with van der Waals surface area (Å²) < 4.78 is 21.7. The first-order valence-electron chi connectivity index (χ1n) is 11.9. The summed E-state index contributed by atoms with van der Waals surface area (Å²) in [6.45, 7) is 0.331. The molecule has 1 fully saturated rings. The fourth-order valence-corrected chi connectivity index (χ4v) is 4.98. The molecular weight excluding hydrogens is 489 g/mol. The molecule has 0 bridgehead atoms. The quantitative estimate of drug-likeness (QED) is 0.321. The molecule has 0 unspecified atom stereocenters. The van der Waals surface area contributed by atoms with Gasteiger partial charge in [-0.3, -0.25) is 9.78 Å². The molecule has 9 heteroatoms. The van der Waals surface area contributed by atoms with E-state index in [0.717, 1.165) is 22.8 Å². The molecule has 1 aliphatic heterocycles. The fourth-order valence-electron chi connectivity index (χ4n) is 4.65. The summed E-state index contributed by atoms with van der Waals surface area (Å²) in [7, 11) is 1.64. The minimum Gasteiger partial charge on any atom is -0.495 e. The van der Waals surface area contributed by atoms with Crippen molar-refractivity contribution in [2.45, 2.75) is 18.5 Å². The average molecular weight is 516 g/mol. The number of benzene rings is 2. The van der Waals surface area contributed by atoms with E-state index in [0.29, 0.717) is 11.7 Å². The van der Waals surface area contributed by atoms with Crippen LogP contribution in [0, 0.1) is 5.82 Å². The van der Waals surface area contributed by atoms with Crippen molar-refractivity contribution >= 4 is 28.9 Å². The van der Waals surface area contributed by atoms with Crippen molar-refractivity contribution in [1.82, 2.24) is 19.8 Å². The second-order valence-electron chi connectivity index (χ2n) is 8.57. The number of halogens is 1. The maximum atomic E-state index is 14.0. The van der Waals surface area contributed by atoms with Gasteiger partial charge in [-0.2, -0.15) is 0 Å². The Kier molecular flexibility index (Phi) is 7.14. The standard InChI is InChI=1S/C28H26FN5O2S/c1-36-24-14-5-4-12-22(24)33-17-8-13-23(33)27-26(21-11-6-7-16-30-21)32-28(37)34(27)18-15-25(35)31-20-10-3-2-9-19(20)29/h2-14,16-17,26-27H,15,18H2,1H3,(H,31,35)(H,32,37)/t26-,27-/m0/s1. The molecule has 5 rings (SSSR count). The number of carbonyl (C=O) groups is 1. The molecule has 0 spiro atoms. The Bertz CT molecular complexity index is 1410. The molecule has 1 amide bonds. The minimum absolute atomic E-state index is 0.122. The molecule has 4 aromatic rings. The van der Waals surface area contributed by atoms with Crippen LogP contribution in [-0.2, 0) is 4.79 Å². The van der Waals surface area contributed by atoms with Crippen LogP contribution in [0.25, 0.3) is 5.69 Å². The number of aromatic nitrogens is 2. The number of pyridine rings is 1. The number of nitrogens with one attached hydrogen (secondary N) is 2. The van der Waals surface area contributed by atoms with Crippen molar-refractivity contribution in [3.63, 3.8) is 0 Å². The van der Waals surface area contributed by atoms with Crippen LogP contribution in [0.15, 0.2) is 91.3 Å². The Balaban J connectivity index is 1.47. The van der Waals surface area contributed by atoms with Gasteiger partial charge in [0, 0.05) is 31.1 Å². The van der Waals surface area contributed by atoms with E-state index in [9.17, 15) is 9.18 Å². The van der Waals surface area contributed by atoms with Crippen molar-refractivity contribution < 1.29 is 13.9 Å². The molecule has 2 aromatic carbocycles. The number of anilines is 1. The summed E-state index contributed by atoms with van der Waals surface area (Å²) in [6, 6.07) is 23.2. The van der Waals surface area contributed by atoms with Crippen LogP contribution in [0.4, 0.5) is 10.1 Å². The lowest BCUT2D eigenvalue weighted by Crippen LogP contribution is -2.33. The highest BCUT2D eigenvalue weighted by atomic mass is 32.1. The van der Waals surface area contributed by atoms with Gasteiger partial charge in [-0.15, -0.1) is 0 Å². The van der Waals surface area contributed by atoms with E-state index in [2.05, 4.69) is 20.2 Å². The highest BCUT2D eigenvalue weighted by Crippen LogP contribution is 2.40. The zero-order chi connectivity index (χ0) is 25.8. The highest BCUT2D eigenvalue weighted by molar-refractivity contribution is 7.80. The van der Waals surface area contributed by atoms with Crippen LogP contribution in [0.3, 0.4) is 0 Å². The van der Waals surface area contributed by atoms with Crippen molar-refractivity contribution in [2.75, 3.05) is 19.0 Å². The van der Waals surface area contributed by atoms with Crippen LogP contribution in [0.1, 0.15) is 29.9 Å². The Morgan fingerprint density at radius 2 is 1.86 bits per heavy atom. The van der Waals surface area contributed by atoms with Gasteiger partial charge in [-0.25, -0.2) is 4.39 Å². The SMILES string of the molecule is COc1ccccc1-n1cccc1[C@H]1[C@H](c2ccccn2)NC(=S)N1CCC(=O)Nc1ccccc1F. The number of ether oxygens (including phenoxy) is 1. The van der Waals surface area contributed by atoms with Gasteiger partial charge in [0.25, 0.3) is 0 Å². The topological polar surface area (TPSA) is 71.4 Å². The molecule has 3 heterocycles. The van der Waals surface area contributed by atoms with E-state index >= 15 is 0 Å². The molecule has 7 nitrogen and oxygen atoms in total. The number of hydrogen-bond donors (Lipinski definition) is 2. The lowest BCUT2D eigenvalue weighted by molar-refractivity contribution is -0.116. The molecule has 188 valence electrons. The fraction of sp³-hybridized carbons (Fsp3) is 0.179. The highest BCUT2D eigenvalue weighted by Gasteiger charge is 2.41. The molecule has 1 saturated heterocycles. The number of methoxy groups -OCH3 is 1. The van der Waals surface area contributed by atoms with E-state index in [1.165, 1.54) is 12.1 Å². The van der Waals surface area contributed by atoms with Gasteiger partial charge in [-0.1, -0.05) is 30.3 Å². The van der Waals surface area contributed by atoms with E-state index in [4.69, 9.17) is 17.0 Å². The Labute approximate surface area is 219 Å². The van der Waals surface area contributed by atoms with Crippen LogP contribution in [-0.4, -0.2) is 39.1 Å². The molecule has 2 aromatic heterocycles. The van der Waals surface area contributed by atoms with Gasteiger partial charge >= 0.3 is 0 Å². The van der Waals surface area contributed by atoms with Gasteiger partial charge in [0.15, 0.2) is 5.11 Å². The Hall–Kier alpha value is -4.24. The van der Waals surface area contributed by atoms with Crippen molar-refractivity contribution in [3.05, 3.63) is 108 Å². The third kappa shape index (κ3) is 5.03. The number of thiocarbonyl (C=S) groups is 1. The first-order chi connectivity index (χ1) is 18.1. The van der Waals surface area contributed by atoms with Gasteiger partial charge < -0.3 is 24.8 Å². The van der Waals surface area contributed by atoms with Crippen LogP contribution in [0.2, 0.25) is 0 Å². The number of nitrogens with zero attached hydrogens (tertiary/aromatic N) is 3. The number of hydrogen-bond acceptors (Lipinski definition) is 4. The molecule has 2 atom stereocenters. The lowest BCUT2D eigenvalue weighted by Gasteiger charge is -2.29. The lowest BCUT2D eigenvalue weighted by atomic mass is 10.0. The summed E-state index contributed by atoms with van der Waals surface area (Å²) >= 11 is 5.74. The molecule has 1 aliphatic rings. The van der Waals surface area contributed by atoms with Gasteiger partial charge in [-0.05, 0) is 60.7 Å². The van der Waals surface area contributed by atoms with Gasteiger partial charge in [0.2, 0.25) is 5.91 Å². The molecular formula is C28H26FN5O2S. The Morgan fingerprint density at radius 3 is 2.65 bits per heavy atom.